The van der Waals surface area contributed by atoms with Crippen LogP contribution in [0.15, 0.2) is 48.5 Å². The van der Waals surface area contributed by atoms with Crippen LogP contribution in [-0.4, -0.2) is 0 Å². The highest BCUT2D eigenvalue weighted by Crippen LogP contribution is 2.28. The van der Waals surface area contributed by atoms with E-state index in [-0.39, 0.29) is 0 Å². The minimum atomic E-state index is 0.961. The van der Waals surface area contributed by atoms with E-state index in [9.17, 15) is 0 Å². The predicted octanol–water partition coefficient (Wildman–Crippen LogP) is 3.20. The van der Waals surface area contributed by atoms with E-state index in [1.54, 1.807) is 0 Å². The van der Waals surface area contributed by atoms with Crippen molar-refractivity contribution in [1.29, 1.82) is 0 Å². The van der Waals surface area contributed by atoms with Crippen molar-refractivity contribution in [3.8, 4) is 11.1 Å². The molecule has 0 saturated heterocycles. The van der Waals surface area contributed by atoms with Crippen molar-refractivity contribution >= 4 is 5.69 Å². The number of nitrogens with two attached hydrogens (primary N) is 1. The van der Waals surface area contributed by atoms with Crippen LogP contribution in [0.1, 0.15) is 12.5 Å². The number of anilines is 1. The molecule has 2 aromatic carbocycles. The molecule has 2 rings (SSSR count). The van der Waals surface area contributed by atoms with Crippen molar-refractivity contribution in [2.45, 2.75) is 13.3 Å². The topological polar surface area (TPSA) is 38.0 Å². The standard InChI is InChI=1S/C14H16N2/c1-2-11-8-9-14(16-15)13(10-11)12-6-4-3-5-7-12/h3-10,16H,2,15H2,1H3. The average molecular weight is 212 g/mol. The van der Waals surface area contributed by atoms with E-state index < -0.39 is 0 Å². The molecule has 0 aliphatic heterocycles. The molecule has 3 N–H and O–H groups in total. The summed E-state index contributed by atoms with van der Waals surface area (Å²) in [5.74, 6) is 5.53. The molecule has 0 spiro atoms. The molecule has 0 radical (unpaired) electrons. The summed E-state index contributed by atoms with van der Waals surface area (Å²) in [5.41, 5.74) is 7.37. The maximum absolute atomic E-state index is 5.53. The zero-order valence-electron chi connectivity index (χ0n) is 9.40. The smallest absolute Gasteiger partial charge is 0.0563 e. The second-order valence-electron chi connectivity index (χ2n) is 3.74. The molecule has 16 heavy (non-hydrogen) atoms. The molecular formula is C14H16N2. The third kappa shape index (κ3) is 2.07. The summed E-state index contributed by atoms with van der Waals surface area (Å²) in [6, 6.07) is 16.6. The van der Waals surface area contributed by atoms with Gasteiger partial charge in [0.2, 0.25) is 0 Å². The number of rotatable bonds is 3. The molecule has 2 nitrogen and oxygen atoms in total. The number of aryl methyl sites for hydroxylation is 1. The summed E-state index contributed by atoms with van der Waals surface area (Å²) in [6.45, 7) is 2.15. The van der Waals surface area contributed by atoms with Gasteiger partial charge in [0.25, 0.3) is 0 Å². The van der Waals surface area contributed by atoms with Gasteiger partial charge in [-0.15, -0.1) is 0 Å². The highest BCUT2D eigenvalue weighted by atomic mass is 15.2. The lowest BCUT2D eigenvalue weighted by Crippen LogP contribution is -2.08. The van der Waals surface area contributed by atoms with Gasteiger partial charge < -0.3 is 5.43 Å². The molecule has 0 atom stereocenters. The Bertz CT molecular complexity index is 463. The van der Waals surface area contributed by atoms with Crippen molar-refractivity contribution in [3.63, 3.8) is 0 Å². The van der Waals surface area contributed by atoms with Gasteiger partial charge in [-0.1, -0.05) is 43.3 Å². The molecule has 2 heteroatoms. The molecular weight excluding hydrogens is 196 g/mol. The first-order valence-corrected chi connectivity index (χ1v) is 5.50. The fourth-order valence-corrected chi connectivity index (χ4v) is 1.79. The van der Waals surface area contributed by atoms with E-state index in [4.69, 9.17) is 5.84 Å². The maximum Gasteiger partial charge on any atom is 0.0563 e. The van der Waals surface area contributed by atoms with Crippen LogP contribution in [0.4, 0.5) is 5.69 Å². The van der Waals surface area contributed by atoms with E-state index in [0.717, 1.165) is 17.7 Å². The normalized spacial score (nSPS) is 10.1. The number of hydrazine groups is 1. The molecule has 0 heterocycles. The average Bonchev–Trinajstić information content (AvgIpc) is 2.39. The minimum absolute atomic E-state index is 0.961. The summed E-state index contributed by atoms with van der Waals surface area (Å²) in [7, 11) is 0. The summed E-state index contributed by atoms with van der Waals surface area (Å²) in [4.78, 5) is 0. The second kappa shape index (κ2) is 4.81. The van der Waals surface area contributed by atoms with Crippen molar-refractivity contribution in [2.75, 3.05) is 5.43 Å². The molecule has 0 unspecified atom stereocenters. The Balaban J connectivity index is 2.53. The summed E-state index contributed by atoms with van der Waals surface area (Å²) in [5, 5.41) is 0. The van der Waals surface area contributed by atoms with Crippen LogP contribution >= 0.6 is 0 Å². The first-order valence-electron chi connectivity index (χ1n) is 5.50. The van der Waals surface area contributed by atoms with Gasteiger partial charge in [0.15, 0.2) is 0 Å². The SMILES string of the molecule is CCc1ccc(NN)c(-c2ccccc2)c1. The first-order chi connectivity index (χ1) is 7.85. The Morgan fingerprint density at radius 1 is 1.06 bits per heavy atom. The van der Waals surface area contributed by atoms with E-state index >= 15 is 0 Å². The minimum Gasteiger partial charge on any atom is -0.324 e. The molecule has 0 fully saturated rings. The van der Waals surface area contributed by atoms with Gasteiger partial charge in [-0.3, -0.25) is 5.84 Å². The summed E-state index contributed by atoms with van der Waals surface area (Å²) >= 11 is 0. The largest absolute Gasteiger partial charge is 0.324 e. The van der Waals surface area contributed by atoms with Crippen LogP contribution in [0, 0.1) is 0 Å². The number of nitrogens with one attached hydrogen (secondary N) is 1. The Morgan fingerprint density at radius 2 is 1.81 bits per heavy atom. The van der Waals surface area contributed by atoms with Gasteiger partial charge in [-0.25, -0.2) is 0 Å². The molecule has 0 bridgehead atoms. The van der Waals surface area contributed by atoms with Crippen molar-refractivity contribution in [2.24, 2.45) is 5.84 Å². The fourth-order valence-electron chi connectivity index (χ4n) is 1.79. The van der Waals surface area contributed by atoms with Gasteiger partial charge >= 0.3 is 0 Å². The molecule has 82 valence electrons. The van der Waals surface area contributed by atoms with Crippen LogP contribution in [0.25, 0.3) is 11.1 Å². The number of nitrogen functional groups attached to an aromatic ring is 1. The Labute approximate surface area is 96.1 Å². The van der Waals surface area contributed by atoms with Crippen LogP contribution in [-0.2, 0) is 6.42 Å². The van der Waals surface area contributed by atoms with Crippen LogP contribution in [0.3, 0.4) is 0 Å². The first kappa shape index (κ1) is 10.7. The molecule has 0 aliphatic carbocycles. The maximum atomic E-state index is 5.53. The van der Waals surface area contributed by atoms with Crippen molar-refractivity contribution in [3.05, 3.63) is 54.1 Å². The molecule has 0 saturated carbocycles. The van der Waals surface area contributed by atoms with E-state index in [1.165, 1.54) is 11.1 Å². The third-order valence-electron chi connectivity index (χ3n) is 2.73. The number of hydrogen-bond acceptors (Lipinski definition) is 2. The van der Waals surface area contributed by atoms with Gasteiger partial charge in [0, 0.05) is 5.56 Å². The molecule has 0 amide bonds. The van der Waals surface area contributed by atoms with Crippen LogP contribution < -0.4 is 11.3 Å². The predicted molar refractivity (Wildman–Crippen MR) is 69.1 cm³/mol. The highest BCUT2D eigenvalue weighted by molar-refractivity contribution is 5.78. The quantitative estimate of drug-likeness (QED) is 0.605. The van der Waals surface area contributed by atoms with Gasteiger partial charge in [0.1, 0.15) is 0 Å². The second-order valence-corrected chi connectivity index (χ2v) is 3.74. The lowest BCUT2D eigenvalue weighted by Gasteiger charge is -2.10. The monoisotopic (exact) mass is 212 g/mol. The zero-order valence-corrected chi connectivity index (χ0v) is 9.40. The fraction of sp³-hybridized carbons (Fsp3) is 0.143. The lowest BCUT2D eigenvalue weighted by molar-refractivity contribution is 1.14. The molecule has 0 aliphatic rings. The van der Waals surface area contributed by atoms with Crippen LogP contribution in [0.5, 0.6) is 0 Å². The van der Waals surface area contributed by atoms with Gasteiger partial charge in [0.05, 0.1) is 5.69 Å². The van der Waals surface area contributed by atoms with Crippen LogP contribution in [0.2, 0.25) is 0 Å². The number of benzene rings is 2. The van der Waals surface area contributed by atoms with E-state index in [1.807, 2.05) is 24.3 Å². The van der Waals surface area contributed by atoms with Crippen molar-refractivity contribution in [1.82, 2.24) is 0 Å². The van der Waals surface area contributed by atoms with Gasteiger partial charge in [-0.05, 0) is 29.7 Å². The molecule has 2 aromatic rings. The third-order valence-corrected chi connectivity index (χ3v) is 2.73. The Morgan fingerprint density at radius 3 is 2.44 bits per heavy atom. The highest BCUT2D eigenvalue weighted by Gasteiger charge is 2.04. The summed E-state index contributed by atoms with van der Waals surface area (Å²) < 4.78 is 0. The van der Waals surface area contributed by atoms with Gasteiger partial charge in [-0.2, -0.15) is 0 Å². The number of hydrogen-bond donors (Lipinski definition) is 2. The Hall–Kier alpha value is -1.80. The molecule has 0 aromatic heterocycles. The van der Waals surface area contributed by atoms with Crippen molar-refractivity contribution < 1.29 is 0 Å². The van der Waals surface area contributed by atoms with E-state index in [0.29, 0.717) is 0 Å². The lowest BCUT2D eigenvalue weighted by atomic mass is 10.0. The zero-order chi connectivity index (χ0) is 11.4. The van der Waals surface area contributed by atoms with E-state index in [2.05, 4.69) is 36.6 Å². The Kier molecular flexibility index (Phi) is 3.22. The summed E-state index contributed by atoms with van der Waals surface area (Å²) in [6.07, 6.45) is 1.03.